The lowest BCUT2D eigenvalue weighted by Gasteiger charge is -2.41. The number of ether oxygens (including phenoxy) is 4. The summed E-state index contributed by atoms with van der Waals surface area (Å²) in [6, 6.07) is 12.2. The molecule has 4 unspecified atom stereocenters. The molecule has 0 saturated carbocycles. The van der Waals surface area contributed by atoms with Crippen LogP contribution in [0.4, 0.5) is 8.78 Å². The van der Waals surface area contributed by atoms with E-state index in [0.717, 1.165) is 73.1 Å². The van der Waals surface area contributed by atoms with Crippen molar-refractivity contribution >= 4 is 66.4 Å². The lowest BCUT2D eigenvalue weighted by Crippen LogP contribution is -2.44. The van der Waals surface area contributed by atoms with Gasteiger partial charge in [-0.1, -0.05) is 71.9 Å². The number of carbonyl (C=O) groups is 7. The highest BCUT2D eigenvalue weighted by Crippen LogP contribution is 2.41. The first-order chi connectivity index (χ1) is 38.4. The third-order valence-electron chi connectivity index (χ3n) is 10.4. The first-order valence-corrected chi connectivity index (χ1v) is 28.5. The summed E-state index contributed by atoms with van der Waals surface area (Å²) in [6.45, 7) is 20.8. The minimum absolute atomic E-state index is 0.0120. The number of aliphatic hydroxyl groups is 1. The van der Waals surface area contributed by atoms with Crippen LogP contribution in [-0.4, -0.2) is 188 Å². The monoisotopic (exact) mass is 1170 g/mol. The molecule has 0 aliphatic rings. The van der Waals surface area contributed by atoms with Crippen LogP contribution >= 0.6 is 23.5 Å². The van der Waals surface area contributed by atoms with Crippen LogP contribution in [0.2, 0.25) is 0 Å². The molecule has 1 aromatic heterocycles. The van der Waals surface area contributed by atoms with Gasteiger partial charge in [0, 0.05) is 80.8 Å². The molecule has 4 amide bonds. The molecule has 21 nitrogen and oxygen atoms in total. The summed E-state index contributed by atoms with van der Waals surface area (Å²) >= 11 is 2.19. The fourth-order valence-corrected chi connectivity index (χ4v) is 8.76. The topological polar surface area (TPSA) is 313 Å². The van der Waals surface area contributed by atoms with Gasteiger partial charge in [0.1, 0.15) is 30.0 Å². The summed E-state index contributed by atoms with van der Waals surface area (Å²) in [6.07, 6.45) is 5.00. The largest absolute Gasteiger partial charge is 0.480 e. The number of carbonyl (C=O) groups excluding carboxylic acids is 5. The van der Waals surface area contributed by atoms with Crippen molar-refractivity contribution in [2.45, 2.75) is 97.6 Å². The summed E-state index contributed by atoms with van der Waals surface area (Å²) in [7, 11) is 1.00. The number of halogens is 2. The zero-order valence-corrected chi connectivity index (χ0v) is 49.3. The molecular weight excluding hydrogens is 1080 g/mol. The van der Waals surface area contributed by atoms with Crippen LogP contribution < -0.4 is 27.4 Å². The van der Waals surface area contributed by atoms with Crippen molar-refractivity contribution in [3.63, 3.8) is 0 Å². The van der Waals surface area contributed by atoms with Gasteiger partial charge in [0.25, 0.3) is 0 Å². The van der Waals surface area contributed by atoms with Crippen LogP contribution in [0.5, 0.6) is 0 Å². The Bertz CT molecular complexity index is 2140. The fraction of sp³-hybridized carbons (Fsp3) is 0.582. The van der Waals surface area contributed by atoms with Gasteiger partial charge in [0.15, 0.2) is 0 Å². The van der Waals surface area contributed by atoms with Crippen molar-refractivity contribution in [2.75, 3.05) is 103 Å². The van der Waals surface area contributed by atoms with Crippen molar-refractivity contribution in [1.82, 2.24) is 25.4 Å². The third-order valence-corrected chi connectivity index (χ3v) is 12.7. The summed E-state index contributed by atoms with van der Waals surface area (Å²) in [5.74, 6) is -3.78. The number of nitrogens with two attached hydrogens (primary N) is 2. The van der Waals surface area contributed by atoms with E-state index in [1.807, 2.05) is 69.5 Å². The number of aliphatic carboxylic acids is 2. The molecule has 0 spiro atoms. The number of hydrogen-bond donors (Lipinski definition) is 8. The lowest BCUT2D eigenvalue weighted by atomic mass is 9.83. The molecular formula is C55H89F2N7O14S2. The number of rotatable bonds is 38. The predicted molar refractivity (Wildman–Crippen MR) is 309 cm³/mol. The molecule has 80 heavy (non-hydrogen) atoms. The number of nitrogens with zero attached hydrogens (tertiary/aromatic N) is 2. The van der Waals surface area contributed by atoms with Gasteiger partial charge in [0.05, 0.1) is 63.3 Å². The molecule has 25 heteroatoms. The van der Waals surface area contributed by atoms with Gasteiger partial charge in [-0.25, -0.2) is 13.6 Å². The number of aliphatic hydroxyl groups excluding tert-OH is 1. The number of carboxylic acids is 2. The van der Waals surface area contributed by atoms with E-state index in [0.29, 0.717) is 110 Å². The first-order valence-electron chi connectivity index (χ1n) is 26.3. The maximum atomic E-state index is 14.9. The molecule has 0 aliphatic heterocycles. The minimum atomic E-state index is -1.19. The van der Waals surface area contributed by atoms with Crippen molar-refractivity contribution < 1.29 is 76.6 Å². The number of nitrogens with one attached hydrogen (secondary N) is 3. The number of aldehydes is 1. The summed E-state index contributed by atoms with van der Waals surface area (Å²) in [5, 5.41) is 31.6. The van der Waals surface area contributed by atoms with Gasteiger partial charge in [-0.3, -0.25) is 24.0 Å². The Morgan fingerprint density at radius 2 is 1.43 bits per heavy atom. The standard InChI is InChI=1S/C31H38F2N4O4S.C12H25NO5.C9H16N2O4S.C2H6.CH4O/c1-31(2,3)29(37(13-7-12-34)28(39)19-42-18-26(30(40)41)35-20-38)27-14-22(24-15-23(32)10-11-25(24)33)17-36(27)16-21-8-5-4-6-9-21;1-2-4-15-6-8-17-10-11-18-9-7-16-5-3-13-12-14;1-2-11-8(13)3-6(4-12)16-5-7(10)9(14)15;2*1-2/h4-6,8-11,14-15,17,20,26,29H,7,12-13,16,18-19,34H2,1-3H3,(H,35,38)(H,40,41);12H,2-11H2,1H3,(H,13,14);4,6-7H,2-3,5,10H2,1H3,(H,11,13)(H,14,15);1-2H3;2H,1H3. The Morgan fingerprint density at radius 3 is 1.94 bits per heavy atom. The number of aromatic nitrogens is 1. The second-order valence-electron chi connectivity index (χ2n) is 17.7. The summed E-state index contributed by atoms with van der Waals surface area (Å²) in [5.41, 5.74) is 13.0. The Kier molecular flexibility index (Phi) is 46.1. The molecule has 0 aliphatic carbocycles. The lowest BCUT2D eigenvalue weighted by molar-refractivity contribution is -0.140. The molecule has 10 N–H and O–H groups in total. The van der Waals surface area contributed by atoms with Gasteiger partial charge < -0.3 is 75.9 Å². The molecule has 0 bridgehead atoms. The Balaban J connectivity index is 0. The Labute approximate surface area is 479 Å². The summed E-state index contributed by atoms with van der Waals surface area (Å²) < 4.78 is 52.1. The molecule has 3 aromatic rings. The molecule has 0 fully saturated rings. The van der Waals surface area contributed by atoms with Gasteiger partial charge in [-0.2, -0.15) is 0 Å². The highest BCUT2D eigenvalue weighted by Gasteiger charge is 2.37. The number of hydrogen-bond acceptors (Lipinski definition) is 16. The fourth-order valence-electron chi connectivity index (χ4n) is 6.88. The van der Waals surface area contributed by atoms with E-state index in [-0.39, 0.29) is 41.1 Å². The van der Waals surface area contributed by atoms with Crippen molar-refractivity contribution in [3.8, 4) is 11.1 Å². The minimum Gasteiger partial charge on any atom is -0.480 e. The molecule has 0 saturated heterocycles. The number of thioether (sulfide) groups is 2. The van der Waals surface area contributed by atoms with Crippen molar-refractivity contribution in [1.29, 1.82) is 0 Å². The average Bonchev–Trinajstić information content (AvgIpc) is 3.84. The van der Waals surface area contributed by atoms with E-state index in [2.05, 4.69) is 22.9 Å². The van der Waals surface area contributed by atoms with Crippen LogP contribution in [0.15, 0.2) is 60.8 Å². The van der Waals surface area contributed by atoms with E-state index in [4.69, 9.17) is 40.6 Å². The smallest absolute Gasteiger partial charge is 0.327 e. The van der Waals surface area contributed by atoms with Crippen LogP contribution in [0.25, 0.3) is 11.1 Å². The van der Waals surface area contributed by atoms with Crippen LogP contribution in [0.3, 0.4) is 0 Å². The van der Waals surface area contributed by atoms with Gasteiger partial charge in [0.2, 0.25) is 24.6 Å². The molecule has 4 atom stereocenters. The van der Waals surface area contributed by atoms with Crippen molar-refractivity contribution in [2.24, 2.45) is 16.9 Å². The molecule has 1 heterocycles. The van der Waals surface area contributed by atoms with Crippen LogP contribution in [0.1, 0.15) is 85.0 Å². The van der Waals surface area contributed by atoms with E-state index in [1.54, 1.807) is 24.1 Å². The number of carboxylic acid groups (broad SMARTS) is 2. The SMILES string of the molecule is CC.CC(C)(C)C(c1cc(-c2cc(F)ccc2F)cn1Cc1ccccc1)N(CCCN)C(=O)CSCC(NC=O)C(=O)O.CCCOCCOCCOCCOCCNC=O.CCNC(=O)CC(C=O)SCC(N)C(=O)O.CO. The second kappa shape index (κ2) is 48.2. The average molecular weight is 1170 g/mol. The van der Waals surface area contributed by atoms with Crippen LogP contribution in [-0.2, 0) is 59.1 Å². The van der Waals surface area contributed by atoms with E-state index in [9.17, 15) is 47.4 Å². The highest BCUT2D eigenvalue weighted by atomic mass is 32.2. The number of amides is 4. The second-order valence-corrected chi connectivity index (χ2v) is 20.0. The number of benzene rings is 2. The zero-order valence-electron chi connectivity index (χ0n) is 47.7. The Hall–Kier alpha value is -5.51. The molecule has 3 rings (SSSR count). The van der Waals surface area contributed by atoms with Crippen LogP contribution in [0, 0.1) is 17.0 Å². The van der Waals surface area contributed by atoms with Gasteiger partial charge >= 0.3 is 11.9 Å². The zero-order chi connectivity index (χ0) is 60.7. The van der Waals surface area contributed by atoms with Gasteiger partial charge in [-0.15, -0.1) is 23.5 Å². The predicted octanol–water partition coefficient (Wildman–Crippen LogP) is 4.75. The maximum Gasteiger partial charge on any atom is 0.327 e. The quantitative estimate of drug-likeness (QED) is 0.0284. The molecule has 0 radical (unpaired) electrons. The third kappa shape index (κ3) is 34.6. The highest BCUT2D eigenvalue weighted by molar-refractivity contribution is 8.00. The van der Waals surface area contributed by atoms with E-state index < -0.39 is 52.4 Å². The van der Waals surface area contributed by atoms with E-state index in [1.165, 1.54) is 0 Å². The summed E-state index contributed by atoms with van der Waals surface area (Å²) in [4.78, 5) is 79.9. The van der Waals surface area contributed by atoms with E-state index >= 15 is 0 Å². The first kappa shape index (κ1) is 76.6. The maximum absolute atomic E-state index is 14.9. The van der Waals surface area contributed by atoms with Crippen molar-refractivity contribution in [3.05, 3.63) is 83.7 Å². The van der Waals surface area contributed by atoms with Gasteiger partial charge in [-0.05, 0) is 61.6 Å². The Morgan fingerprint density at radius 1 is 0.825 bits per heavy atom. The normalized spacial score (nSPS) is 12.1. The molecule has 2 aromatic carbocycles. The molecule has 454 valence electrons.